The molecular weight excluding hydrogens is 498 g/mol. The summed E-state index contributed by atoms with van der Waals surface area (Å²) in [5, 5.41) is 3.06. The Kier molecular flexibility index (Phi) is 7.54. The first kappa shape index (κ1) is 25.5. The summed E-state index contributed by atoms with van der Waals surface area (Å²) in [6.07, 6.45) is 1.03. The summed E-state index contributed by atoms with van der Waals surface area (Å²) in [7, 11) is -7.62. The van der Waals surface area contributed by atoms with Crippen LogP contribution in [0.4, 0.5) is 17.1 Å². The van der Waals surface area contributed by atoms with Gasteiger partial charge in [-0.3, -0.25) is 13.8 Å². The van der Waals surface area contributed by atoms with Crippen LogP contribution < -0.4 is 14.3 Å². The Morgan fingerprint density at radius 2 is 1.50 bits per heavy atom. The highest BCUT2D eigenvalue weighted by atomic mass is 35.5. The van der Waals surface area contributed by atoms with Crippen LogP contribution in [0.5, 0.6) is 0 Å². The van der Waals surface area contributed by atoms with Crippen LogP contribution in [0, 0.1) is 6.92 Å². The molecule has 34 heavy (non-hydrogen) atoms. The molecule has 1 atom stereocenters. The zero-order valence-electron chi connectivity index (χ0n) is 18.7. The van der Waals surface area contributed by atoms with E-state index in [2.05, 4.69) is 10.0 Å². The van der Waals surface area contributed by atoms with Crippen LogP contribution in [0.3, 0.4) is 0 Å². The van der Waals surface area contributed by atoms with Gasteiger partial charge in [-0.05, 0) is 67.9 Å². The van der Waals surface area contributed by atoms with Gasteiger partial charge in [0.2, 0.25) is 15.9 Å². The second-order valence-corrected chi connectivity index (χ2v) is 11.6. The van der Waals surface area contributed by atoms with Gasteiger partial charge >= 0.3 is 0 Å². The number of amides is 1. The first-order valence-corrected chi connectivity index (χ1v) is 13.8. The molecule has 0 fully saturated rings. The van der Waals surface area contributed by atoms with Crippen molar-refractivity contribution in [3.8, 4) is 0 Å². The molecule has 0 unspecified atom stereocenters. The van der Waals surface area contributed by atoms with Gasteiger partial charge in [-0.2, -0.15) is 0 Å². The van der Waals surface area contributed by atoms with Crippen molar-refractivity contribution in [2.24, 2.45) is 0 Å². The largest absolute Gasteiger partial charge is 0.324 e. The molecule has 0 aliphatic carbocycles. The zero-order valence-corrected chi connectivity index (χ0v) is 21.1. The fourth-order valence-electron chi connectivity index (χ4n) is 3.22. The molecule has 3 aromatic rings. The summed E-state index contributed by atoms with van der Waals surface area (Å²) in [5.74, 6) is -0.572. The van der Waals surface area contributed by atoms with Crippen LogP contribution in [-0.2, 0) is 24.8 Å². The molecule has 180 valence electrons. The van der Waals surface area contributed by atoms with E-state index in [0.29, 0.717) is 22.1 Å². The second kappa shape index (κ2) is 10.0. The first-order chi connectivity index (χ1) is 15.9. The number of carbonyl (C=O) groups excluding carboxylic acids is 1. The van der Waals surface area contributed by atoms with Crippen molar-refractivity contribution >= 4 is 54.6 Å². The number of nitrogens with one attached hydrogen (secondary N) is 2. The van der Waals surface area contributed by atoms with Crippen molar-refractivity contribution in [2.45, 2.75) is 24.8 Å². The highest BCUT2D eigenvalue weighted by Crippen LogP contribution is 2.24. The van der Waals surface area contributed by atoms with Crippen molar-refractivity contribution in [2.75, 3.05) is 20.6 Å². The number of hydrogen-bond acceptors (Lipinski definition) is 5. The molecular formula is C23H24ClN3O5S2. The minimum Gasteiger partial charge on any atom is -0.324 e. The van der Waals surface area contributed by atoms with Crippen molar-refractivity contribution in [3.63, 3.8) is 0 Å². The van der Waals surface area contributed by atoms with Crippen LogP contribution in [0.2, 0.25) is 5.02 Å². The molecule has 0 heterocycles. The number of rotatable bonds is 8. The van der Waals surface area contributed by atoms with E-state index in [1.807, 2.05) is 6.92 Å². The van der Waals surface area contributed by atoms with Crippen molar-refractivity contribution in [1.29, 1.82) is 0 Å². The van der Waals surface area contributed by atoms with E-state index in [1.165, 1.54) is 37.3 Å². The number of benzene rings is 3. The molecule has 0 bridgehead atoms. The van der Waals surface area contributed by atoms with Gasteiger partial charge in [0.25, 0.3) is 10.0 Å². The number of para-hydroxylation sites is 1. The predicted molar refractivity (Wildman–Crippen MR) is 135 cm³/mol. The number of anilines is 3. The molecule has 0 saturated carbocycles. The molecule has 0 aromatic heterocycles. The Morgan fingerprint density at radius 1 is 0.912 bits per heavy atom. The topological polar surface area (TPSA) is 113 Å². The number of nitrogens with zero attached hydrogens (tertiary/aromatic N) is 1. The third kappa shape index (κ3) is 6.07. The van der Waals surface area contributed by atoms with Gasteiger partial charge in [0.1, 0.15) is 6.04 Å². The number of sulfonamides is 2. The molecule has 2 N–H and O–H groups in total. The van der Waals surface area contributed by atoms with Gasteiger partial charge in [-0.15, -0.1) is 0 Å². The van der Waals surface area contributed by atoms with Gasteiger partial charge in [0.05, 0.1) is 22.5 Å². The van der Waals surface area contributed by atoms with E-state index < -0.39 is 32.0 Å². The Labute approximate surface area is 204 Å². The highest BCUT2D eigenvalue weighted by molar-refractivity contribution is 7.92. The molecule has 0 saturated heterocycles. The maximum Gasteiger partial charge on any atom is 0.261 e. The minimum atomic E-state index is -3.88. The van der Waals surface area contributed by atoms with Crippen LogP contribution in [0.15, 0.2) is 77.7 Å². The summed E-state index contributed by atoms with van der Waals surface area (Å²) in [5.41, 5.74) is 1.82. The lowest BCUT2D eigenvalue weighted by Crippen LogP contribution is -2.45. The highest BCUT2D eigenvalue weighted by Gasteiger charge is 2.29. The van der Waals surface area contributed by atoms with Gasteiger partial charge in [0, 0.05) is 10.7 Å². The Bertz CT molecular complexity index is 1390. The van der Waals surface area contributed by atoms with Gasteiger partial charge < -0.3 is 5.32 Å². The number of carbonyl (C=O) groups is 1. The summed E-state index contributed by atoms with van der Waals surface area (Å²) in [6.45, 7) is 3.28. The first-order valence-electron chi connectivity index (χ1n) is 10.1. The molecule has 0 radical (unpaired) electrons. The van der Waals surface area contributed by atoms with E-state index in [4.69, 9.17) is 11.6 Å². The standard InChI is InChI=1S/C23H24ClN3O5S2/c1-16-9-10-19(15-22(16)24)26-34(31,32)21-13-11-18(12-14-21)25-23(28)17(2)27(33(3,29)30)20-7-5-4-6-8-20/h4-15,17,26H,1-3H3,(H,25,28)/t17-/m1/s1. The van der Waals surface area contributed by atoms with Crippen LogP contribution >= 0.6 is 11.6 Å². The van der Waals surface area contributed by atoms with Gasteiger partial charge in [0.15, 0.2) is 0 Å². The van der Waals surface area contributed by atoms with E-state index in [9.17, 15) is 21.6 Å². The van der Waals surface area contributed by atoms with Crippen LogP contribution in [-0.4, -0.2) is 35.0 Å². The lowest BCUT2D eigenvalue weighted by Gasteiger charge is -2.28. The zero-order chi connectivity index (χ0) is 25.1. The lowest BCUT2D eigenvalue weighted by atomic mass is 10.2. The molecule has 3 rings (SSSR count). The van der Waals surface area contributed by atoms with Crippen molar-refractivity contribution in [3.05, 3.63) is 83.4 Å². The number of hydrogen-bond donors (Lipinski definition) is 2. The van der Waals surface area contributed by atoms with E-state index in [-0.39, 0.29) is 4.90 Å². The molecule has 1 amide bonds. The smallest absolute Gasteiger partial charge is 0.261 e. The second-order valence-electron chi connectivity index (χ2n) is 7.65. The minimum absolute atomic E-state index is 0.0164. The molecule has 0 spiro atoms. The van der Waals surface area contributed by atoms with Crippen LogP contribution in [0.1, 0.15) is 12.5 Å². The quantitative estimate of drug-likeness (QED) is 0.460. The maximum atomic E-state index is 12.8. The molecule has 11 heteroatoms. The summed E-state index contributed by atoms with van der Waals surface area (Å²) < 4.78 is 53.5. The lowest BCUT2D eigenvalue weighted by molar-refractivity contribution is -0.116. The summed E-state index contributed by atoms with van der Waals surface area (Å²) in [4.78, 5) is 12.8. The van der Waals surface area contributed by atoms with Crippen molar-refractivity contribution < 1.29 is 21.6 Å². The monoisotopic (exact) mass is 521 g/mol. The SMILES string of the molecule is Cc1ccc(NS(=O)(=O)c2ccc(NC(=O)[C@@H](C)N(c3ccccc3)S(C)(=O)=O)cc2)cc1Cl. The third-order valence-electron chi connectivity index (χ3n) is 4.96. The molecule has 3 aromatic carbocycles. The normalized spacial score (nSPS) is 12.6. The fraction of sp³-hybridized carbons (Fsp3) is 0.174. The summed E-state index contributed by atoms with van der Waals surface area (Å²) >= 11 is 6.06. The fourth-order valence-corrected chi connectivity index (χ4v) is 5.62. The predicted octanol–water partition coefficient (Wildman–Crippen LogP) is 4.24. The molecule has 0 aliphatic rings. The van der Waals surface area contributed by atoms with Crippen molar-refractivity contribution in [1.82, 2.24) is 0 Å². The number of halogens is 1. The van der Waals surface area contributed by atoms with E-state index >= 15 is 0 Å². The average Bonchev–Trinajstić information content (AvgIpc) is 2.76. The number of aryl methyl sites for hydroxylation is 1. The Balaban J connectivity index is 1.75. The van der Waals surface area contributed by atoms with Gasteiger partial charge in [-0.25, -0.2) is 16.8 Å². The molecule has 8 nitrogen and oxygen atoms in total. The van der Waals surface area contributed by atoms with Gasteiger partial charge in [-0.1, -0.05) is 35.9 Å². The Hall–Kier alpha value is -3.08. The van der Waals surface area contributed by atoms with E-state index in [0.717, 1.165) is 16.1 Å². The molecule has 0 aliphatic heterocycles. The third-order valence-corrected chi connectivity index (χ3v) is 8.00. The average molecular weight is 522 g/mol. The van der Waals surface area contributed by atoms with Crippen LogP contribution in [0.25, 0.3) is 0 Å². The van der Waals surface area contributed by atoms with E-state index in [1.54, 1.807) is 42.5 Å². The maximum absolute atomic E-state index is 12.8. The summed E-state index contributed by atoms with van der Waals surface area (Å²) in [6, 6.07) is 17.6. The Morgan fingerprint density at radius 3 is 2.06 bits per heavy atom.